The van der Waals surface area contributed by atoms with Crippen molar-refractivity contribution in [3.63, 3.8) is 0 Å². The summed E-state index contributed by atoms with van der Waals surface area (Å²) in [6.07, 6.45) is 1.31. The molecule has 3 N–H and O–H groups in total. The smallest absolute Gasteiger partial charge is 0.325 e. The fraction of sp³-hybridized carbons (Fsp3) is 0.545. The maximum absolute atomic E-state index is 12.6. The van der Waals surface area contributed by atoms with Crippen LogP contribution in [0.3, 0.4) is 0 Å². The van der Waals surface area contributed by atoms with Crippen molar-refractivity contribution in [2.24, 2.45) is 0 Å². The minimum absolute atomic E-state index is 0.0473. The van der Waals surface area contributed by atoms with Gasteiger partial charge in [0.2, 0.25) is 5.91 Å². The predicted molar refractivity (Wildman–Crippen MR) is 116 cm³/mol. The summed E-state index contributed by atoms with van der Waals surface area (Å²) in [4.78, 5) is 53.5. The standard InChI is InChI=1S/C22H31N5O4/c1-4-16-8-6-7-9-17(16)23-18(28)14-25-10-12-26(13-11-25)19(29)15-27-20(30)22(3,5-2)24-21(27)31/h6-9H,4-5,10-15H2,1-3H3,(H,23,28)(H,24,31)/p+1/t22-/m0/s1. The number of imide groups is 1. The summed E-state index contributed by atoms with van der Waals surface area (Å²) in [7, 11) is 0. The van der Waals surface area contributed by atoms with Crippen molar-refractivity contribution in [3.05, 3.63) is 29.8 Å². The molecule has 1 atom stereocenters. The SMILES string of the molecule is CCc1ccccc1NC(=O)C[NH+]1CCN(C(=O)CN2C(=O)N[C@@](C)(CC)C2=O)CC1. The maximum Gasteiger partial charge on any atom is 0.325 e. The van der Waals surface area contributed by atoms with Gasteiger partial charge in [0.25, 0.3) is 11.8 Å². The molecule has 2 aliphatic rings. The van der Waals surface area contributed by atoms with Crippen molar-refractivity contribution in [1.82, 2.24) is 15.1 Å². The lowest BCUT2D eigenvalue weighted by Gasteiger charge is -2.32. The number of nitrogens with zero attached hydrogens (tertiary/aromatic N) is 2. The number of hydrogen-bond acceptors (Lipinski definition) is 4. The summed E-state index contributed by atoms with van der Waals surface area (Å²) in [6.45, 7) is 7.89. The van der Waals surface area contributed by atoms with Crippen LogP contribution >= 0.6 is 0 Å². The van der Waals surface area contributed by atoms with Gasteiger partial charge in [0.05, 0.1) is 26.2 Å². The zero-order valence-electron chi connectivity index (χ0n) is 18.5. The number of nitrogens with one attached hydrogen (secondary N) is 3. The van der Waals surface area contributed by atoms with E-state index in [9.17, 15) is 19.2 Å². The number of anilines is 1. The highest BCUT2D eigenvalue weighted by Gasteiger charge is 2.47. The average Bonchev–Trinajstić information content (AvgIpc) is 2.98. The highest BCUT2D eigenvalue weighted by atomic mass is 16.2. The van der Waals surface area contributed by atoms with Gasteiger partial charge in [-0.15, -0.1) is 0 Å². The van der Waals surface area contributed by atoms with Gasteiger partial charge in [-0.05, 0) is 31.4 Å². The van der Waals surface area contributed by atoms with Gasteiger partial charge < -0.3 is 20.4 Å². The zero-order valence-corrected chi connectivity index (χ0v) is 18.5. The fourth-order valence-corrected chi connectivity index (χ4v) is 3.99. The van der Waals surface area contributed by atoms with Gasteiger partial charge in [0.1, 0.15) is 12.1 Å². The largest absolute Gasteiger partial charge is 0.330 e. The van der Waals surface area contributed by atoms with Crippen LogP contribution in [0.4, 0.5) is 10.5 Å². The third-order valence-corrected chi connectivity index (χ3v) is 6.25. The number of urea groups is 1. The molecule has 0 radical (unpaired) electrons. The van der Waals surface area contributed by atoms with Gasteiger partial charge in [0, 0.05) is 5.69 Å². The molecule has 31 heavy (non-hydrogen) atoms. The highest BCUT2D eigenvalue weighted by molar-refractivity contribution is 6.08. The molecule has 2 aliphatic heterocycles. The van der Waals surface area contributed by atoms with Crippen LogP contribution in [0.15, 0.2) is 24.3 Å². The summed E-state index contributed by atoms with van der Waals surface area (Å²) in [5.74, 6) is -0.653. The Balaban J connectivity index is 1.47. The number of piperazine rings is 1. The molecule has 0 spiro atoms. The number of carbonyl (C=O) groups is 4. The van der Waals surface area contributed by atoms with Gasteiger partial charge in [0.15, 0.2) is 6.54 Å². The molecule has 2 saturated heterocycles. The second-order valence-corrected chi connectivity index (χ2v) is 8.37. The molecule has 0 aromatic heterocycles. The third-order valence-electron chi connectivity index (χ3n) is 6.25. The minimum Gasteiger partial charge on any atom is -0.330 e. The average molecular weight is 431 g/mol. The van der Waals surface area contributed by atoms with E-state index in [1.165, 1.54) is 0 Å². The van der Waals surface area contributed by atoms with Gasteiger partial charge in [-0.3, -0.25) is 19.3 Å². The molecule has 0 bridgehead atoms. The van der Waals surface area contributed by atoms with Crippen molar-refractivity contribution in [1.29, 1.82) is 0 Å². The first-order valence-electron chi connectivity index (χ1n) is 10.9. The minimum atomic E-state index is -0.941. The van der Waals surface area contributed by atoms with E-state index in [4.69, 9.17) is 0 Å². The van der Waals surface area contributed by atoms with Crippen LogP contribution in [0.1, 0.15) is 32.8 Å². The molecule has 0 unspecified atom stereocenters. The Hall–Kier alpha value is -2.94. The van der Waals surface area contributed by atoms with Crippen molar-refractivity contribution in [3.8, 4) is 0 Å². The molecule has 9 nitrogen and oxygen atoms in total. The predicted octanol–water partition coefficient (Wildman–Crippen LogP) is -0.365. The number of para-hydroxylation sites is 1. The first-order chi connectivity index (χ1) is 14.8. The van der Waals surface area contributed by atoms with Gasteiger partial charge >= 0.3 is 6.03 Å². The van der Waals surface area contributed by atoms with E-state index in [0.29, 0.717) is 39.1 Å². The lowest BCUT2D eigenvalue weighted by Crippen LogP contribution is -3.15. The van der Waals surface area contributed by atoms with Gasteiger partial charge in [-0.25, -0.2) is 4.79 Å². The van der Waals surface area contributed by atoms with E-state index in [1.807, 2.05) is 31.2 Å². The quantitative estimate of drug-likeness (QED) is 0.514. The van der Waals surface area contributed by atoms with Crippen LogP contribution in [0.5, 0.6) is 0 Å². The van der Waals surface area contributed by atoms with Crippen molar-refractivity contribution < 1.29 is 24.1 Å². The Morgan fingerprint density at radius 2 is 1.84 bits per heavy atom. The Kier molecular flexibility index (Phi) is 6.94. The Bertz CT molecular complexity index is 865. The number of amides is 5. The van der Waals surface area contributed by atoms with E-state index >= 15 is 0 Å². The molecule has 0 aliphatic carbocycles. The topological polar surface area (TPSA) is 103 Å². The van der Waals surface area contributed by atoms with Crippen LogP contribution in [-0.4, -0.2) is 78.4 Å². The van der Waals surface area contributed by atoms with Crippen molar-refractivity contribution in [2.75, 3.05) is 44.6 Å². The summed E-state index contributed by atoms with van der Waals surface area (Å²) >= 11 is 0. The maximum atomic E-state index is 12.6. The molecule has 0 saturated carbocycles. The molecular formula is C22H32N5O4+. The lowest BCUT2D eigenvalue weighted by molar-refractivity contribution is -0.895. The van der Waals surface area contributed by atoms with E-state index in [2.05, 4.69) is 17.6 Å². The fourth-order valence-electron chi connectivity index (χ4n) is 3.99. The molecule has 2 fully saturated rings. The molecule has 5 amide bonds. The molecule has 9 heteroatoms. The van der Waals surface area contributed by atoms with Crippen molar-refractivity contribution >= 4 is 29.4 Å². The monoisotopic (exact) mass is 430 g/mol. The van der Waals surface area contributed by atoms with Crippen LogP contribution in [-0.2, 0) is 20.8 Å². The van der Waals surface area contributed by atoms with E-state index < -0.39 is 11.6 Å². The molecule has 1 aromatic rings. The lowest BCUT2D eigenvalue weighted by atomic mass is 9.99. The second-order valence-electron chi connectivity index (χ2n) is 8.37. The van der Waals surface area contributed by atoms with E-state index in [0.717, 1.165) is 27.5 Å². The normalized spacial score (nSPS) is 21.9. The van der Waals surface area contributed by atoms with Gasteiger partial charge in [-0.1, -0.05) is 32.0 Å². The Morgan fingerprint density at radius 1 is 1.16 bits per heavy atom. The van der Waals surface area contributed by atoms with Gasteiger partial charge in [-0.2, -0.15) is 0 Å². The summed E-state index contributed by atoms with van der Waals surface area (Å²) in [5, 5.41) is 5.65. The molecule has 2 heterocycles. The Labute approximate surface area is 182 Å². The number of rotatable bonds is 7. The number of carbonyl (C=O) groups excluding carboxylic acids is 4. The summed E-state index contributed by atoms with van der Waals surface area (Å²) in [6, 6.07) is 7.25. The van der Waals surface area contributed by atoms with E-state index in [-0.39, 0.29) is 24.3 Å². The zero-order chi connectivity index (χ0) is 22.6. The number of quaternary nitrogens is 1. The van der Waals surface area contributed by atoms with Crippen LogP contribution in [0.25, 0.3) is 0 Å². The molecule has 3 rings (SSSR count). The van der Waals surface area contributed by atoms with E-state index in [1.54, 1.807) is 11.8 Å². The first kappa shape index (κ1) is 22.7. The number of aryl methyl sites for hydroxylation is 1. The van der Waals surface area contributed by atoms with Crippen LogP contribution in [0.2, 0.25) is 0 Å². The first-order valence-corrected chi connectivity index (χ1v) is 10.9. The number of hydrogen-bond donors (Lipinski definition) is 3. The molecule has 1 aromatic carbocycles. The molecule has 168 valence electrons. The van der Waals surface area contributed by atoms with Crippen LogP contribution in [0, 0.1) is 0 Å². The van der Waals surface area contributed by atoms with Crippen molar-refractivity contribution in [2.45, 2.75) is 39.2 Å². The Morgan fingerprint density at radius 3 is 2.45 bits per heavy atom. The number of benzene rings is 1. The van der Waals surface area contributed by atoms with Crippen LogP contribution < -0.4 is 15.5 Å². The highest BCUT2D eigenvalue weighted by Crippen LogP contribution is 2.20. The third kappa shape index (κ3) is 5.04. The second kappa shape index (κ2) is 9.47. The summed E-state index contributed by atoms with van der Waals surface area (Å²) < 4.78 is 0. The summed E-state index contributed by atoms with van der Waals surface area (Å²) in [5.41, 5.74) is 1.00. The molecular weight excluding hydrogens is 398 g/mol.